The van der Waals surface area contributed by atoms with Crippen LogP contribution in [0.5, 0.6) is 5.75 Å². The van der Waals surface area contributed by atoms with E-state index >= 15 is 0 Å². The highest BCUT2D eigenvalue weighted by Gasteiger charge is 2.25. The van der Waals surface area contributed by atoms with Crippen LogP contribution in [0.2, 0.25) is 0 Å². The Labute approximate surface area is 171 Å². The smallest absolute Gasteiger partial charge is 0.389 e. The maximum atomic E-state index is 12.2. The van der Waals surface area contributed by atoms with E-state index in [0.29, 0.717) is 38.6 Å². The van der Waals surface area contributed by atoms with Crippen molar-refractivity contribution >= 4 is 5.96 Å². The number of benzene rings is 1. The van der Waals surface area contributed by atoms with Crippen molar-refractivity contribution < 1.29 is 22.6 Å². The van der Waals surface area contributed by atoms with Crippen LogP contribution in [0, 0.1) is 6.92 Å². The van der Waals surface area contributed by atoms with Gasteiger partial charge >= 0.3 is 6.18 Å². The van der Waals surface area contributed by atoms with Gasteiger partial charge in [0.1, 0.15) is 12.4 Å². The van der Waals surface area contributed by atoms with Gasteiger partial charge < -0.3 is 20.1 Å². The van der Waals surface area contributed by atoms with Crippen molar-refractivity contribution in [3.63, 3.8) is 0 Å². The zero-order chi connectivity index (χ0) is 21.1. The van der Waals surface area contributed by atoms with Crippen molar-refractivity contribution in [3.8, 4) is 5.75 Å². The molecule has 0 saturated carbocycles. The summed E-state index contributed by atoms with van der Waals surface area (Å²) in [5, 5.41) is 6.22. The monoisotopic (exact) mass is 415 g/mol. The quantitative estimate of drug-likeness (QED) is 0.339. The molecule has 1 aromatic rings. The number of nitrogens with zero attached hydrogens (tertiary/aromatic N) is 1. The maximum absolute atomic E-state index is 12.2. The highest BCUT2D eigenvalue weighted by Crippen LogP contribution is 2.23. The van der Waals surface area contributed by atoms with E-state index in [4.69, 9.17) is 9.47 Å². The van der Waals surface area contributed by atoms with Crippen molar-refractivity contribution in [2.45, 2.75) is 64.8 Å². The summed E-state index contributed by atoms with van der Waals surface area (Å²) in [5.74, 6) is 1.38. The fourth-order valence-corrected chi connectivity index (χ4v) is 3.05. The molecule has 1 heterocycles. The fraction of sp³-hybridized carbons (Fsp3) is 0.667. The molecule has 0 amide bonds. The van der Waals surface area contributed by atoms with Gasteiger partial charge in [0.2, 0.25) is 0 Å². The largest absolute Gasteiger partial charge is 0.491 e. The van der Waals surface area contributed by atoms with Crippen LogP contribution in [0.3, 0.4) is 0 Å². The summed E-state index contributed by atoms with van der Waals surface area (Å²) < 4.78 is 48.3. The van der Waals surface area contributed by atoms with Gasteiger partial charge in [0.15, 0.2) is 5.96 Å². The van der Waals surface area contributed by atoms with Gasteiger partial charge in [-0.05, 0) is 51.2 Å². The van der Waals surface area contributed by atoms with Gasteiger partial charge in [-0.3, -0.25) is 0 Å². The number of alkyl halides is 3. The minimum absolute atomic E-state index is 0.106. The Morgan fingerprint density at radius 1 is 1.28 bits per heavy atom. The Hall–Kier alpha value is -1.96. The van der Waals surface area contributed by atoms with E-state index in [2.05, 4.69) is 15.6 Å². The molecule has 2 rings (SSSR count). The summed E-state index contributed by atoms with van der Waals surface area (Å²) in [6, 6.07) is 6.01. The Morgan fingerprint density at radius 3 is 2.79 bits per heavy atom. The van der Waals surface area contributed by atoms with Crippen LogP contribution in [0.15, 0.2) is 23.2 Å². The molecule has 0 spiro atoms. The number of unbranched alkanes of at least 4 members (excludes halogenated alkanes) is 1. The lowest BCUT2D eigenvalue weighted by molar-refractivity contribution is -0.135. The topological polar surface area (TPSA) is 54.9 Å². The lowest BCUT2D eigenvalue weighted by Gasteiger charge is -2.15. The van der Waals surface area contributed by atoms with Crippen molar-refractivity contribution in [3.05, 3.63) is 29.3 Å². The third kappa shape index (κ3) is 9.39. The van der Waals surface area contributed by atoms with Gasteiger partial charge in [-0.2, -0.15) is 13.2 Å². The number of aryl methyl sites for hydroxylation is 1. The fourth-order valence-electron chi connectivity index (χ4n) is 3.05. The summed E-state index contributed by atoms with van der Waals surface area (Å²) in [4.78, 5) is 4.56. The molecule has 1 fully saturated rings. The summed E-state index contributed by atoms with van der Waals surface area (Å²) in [6.45, 7) is 6.81. The zero-order valence-electron chi connectivity index (χ0n) is 17.3. The van der Waals surface area contributed by atoms with Crippen LogP contribution < -0.4 is 15.4 Å². The molecule has 1 unspecified atom stereocenters. The normalized spacial score (nSPS) is 17.4. The molecular formula is C21H32F3N3O2. The molecular weight excluding hydrogens is 383 g/mol. The first-order chi connectivity index (χ1) is 13.9. The first kappa shape index (κ1) is 23.3. The molecule has 0 bridgehead atoms. The Morgan fingerprint density at radius 2 is 2.10 bits per heavy atom. The second-order valence-electron chi connectivity index (χ2n) is 7.25. The van der Waals surface area contributed by atoms with Crippen LogP contribution in [0.4, 0.5) is 13.2 Å². The van der Waals surface area contributed by atoms with Gasteiger partial charge in [0, 0.05) is 31.7 Å². The summed E-state index contributed by atoms with van der Waals surface area (Å²) in [5.41, 5.74) is 2.07. The number of rotatable bonds is 10. The number of ether oxygens (including phenoxy) is 2. The lowest BCUT2D eigenvalue weighted by atomic mass is 10.1. The SMILES string of the molecule is CCNC(=NCc1ccc(C)cc1OCC1CCCO1)NCCCCC(F)(F)F. The number of halogens is 3. The molecule has 1 aliphatic heterocycles. The van der Waals surface area contributed by atoms with Crippen LogP contribution in [0.1, 0.15) is 50.2 Å². The van der Waals surface area contributed by atoms with E-state index in [1.54, 1.807) is 0 Å². The van der Waals surface area contributed by atoms with E-state index in [1.165, 1.54) is 0 Å². The first-order valence-corrected chi connectivity index (χ1v) is 10.3. The van der Waals surface area contributed by atoms with Crippen molar-refractivity contribution in [2.75, 3.05) is 26.3 Å². The van der Waals surface area contributed by atoms with E-state index in [9.17, 15) is 13.2 Å². The van der Waals surface area contributed by atoms with Gasteiger partial charge in [-0.25, -0.2) is 4.99 Å². The Kier molecular flexibility index (Phi) is 9.57. The molecule has 8 heteroatoms. The third-order valence-corrected chi connectivity index (χ3v) is 4.60. The molecule has 2 N–H and O–H groups in total. The van der Waals surface area contributed by atoms with Crippen molar-refractivity contribution in [1.82, 2.24) is 10.6 Å². The molecule has 1 aliphatic rings. The van der Waals surface area contributed by atoms with E-state index < -0.39 is 12.6 Å². The first-order valence-electron chi connectivity index (χ1n) is 10.3. The average Bonchev–Trinajstić information content (AvgIpc) is 3.17. The molecule has 29 heavy (non-hydrogen) atoms. The Balaban J connectivity index is 1.89. The zero-order valence-corrected chi connectivity index (χ0v) is 17.3. The predicted molar refractivity (Wildman–Crippen MR) is 108 cm³/mol. The number of hydrogen-bond donors (Lipinski definition) is 2. The summed E-state index contributed by atoms with van der Waals surface area (Å²) in [7, 11) is 0. The molecule has 5 nitrogen and oxygen atoms in total. The summed E-state index contributed by atoms with van der Waals surface area (Å²) >= 11 is 0. The van der Waals surface area contributed by atoms with Crippen LogP contribution >= 0.6 is 0 Å². The lowest BCUT2D eigenvalue weighted by Crippen LogP contribution is -2.37. The van der Waals surface area contributed by atoms with Crippen LogP contribution in [0.25, 0.3) is 0 Å². The van der Waals surface area contributed by atoms with Gasteiger partial charge in [0.25, 0.3) is 0 Å². The number of hydrogen-bond acceptors (Lipinski definition) is 3. The van der Waals surface area contributed by atoms with Crippen molar-refractivity contribution in [1.29, 1.82) is 0 Å². The van der Waals surface area contributed by atoms with Gasteiger partial charge in [-0.15, -0.1) is 0 Å². The predicted octanol–water partition coefficient (Wildman–Crippen LogP) is 4.34. The highest BCUT2D eigenvalue weighted by atomic mass is 19.4. The van der Waals surface area contributed by atoms with E-state index in [-0.39, 0.29) is 12.5 Å². The minimum atomic E-state index is -4.09. The molecule has 1 saturated heterocycles. The maximum Gasteiger partial charge on any atom is 0.389 e. The number of guanidine groups is 1. The number of aliphatic imine (C=N–C) groups is 1. The molecule has 0 radical (unpaired) electrons. The van der Waals surface area contributed by atoms with Gasteiger partial charge in [-0.1, -0.05) is 12.1 Å². The average molecular weight is 416 g/mol. The summed E-state index contributed by atoms with van der Waals surface area (Å²) in [6.07, 6.45) is -2.08. The van der Waals surface area contributed by atoms with Gasteiger partial charge in [0.05, 0.1) is 12.6 Å². The van der Waals surface area contributed by atoms with Crippen molar-refractivity contribution in [2.24, 2.45) is 4.99 Å². The molecule has 1 aromatic carbocycles. The standard InChI is InChI=1S/C21H32F3N3O2/c1-3-25-20(26-11-5-4-10-21(22,23)24)27-14-17-9-8-16(2)13-19(17)29-15-18-7-6-12-28-18/h8-9,13,18H,3-7,10-12,14-15H2,1-2H3,(H2,25,26,27). The Bertz CT molecular complexity index is 645. The second-order valence-corrected chi connectivity index (χ2v) is 7.25. The van der Waals surface area contributed by atoms with E-state index in [1.807, 2.05) is 32.0 Å². The molecule has 1 atom stereocenters. The van der Waals surface area contributed by atoms with Crippen LogP contribution in [-0.4, -0.2) is 44.5 Å². The minimum Gasteiger partial charge on any atom is -0.491 e. The van der Waals surface area contributed by atoms with E-state index in [0.717, 1.165) is 36.3 Å². The third-order valence-electron chi connectivity index (χ3n) is 4.60. The molecule has 0 aromatic heterocycles. The number of nitrogens with one attached hydrogen (secondary N) is 2. The molecule has 0 aliphatic carbocycles. The molecule has 164 valence electrons. The second kappa shape index (κ2) is 11.9. The highest BCUT2D eigenvalue weighted by molar-refractivity contribution is 5.79. The van der Waals surface area contributed by atoms with Crippen LogP contribution in [-0.2, 0) is 11.3 Å².